The predicted molar refractivity (Wildman–Crippen MR) is 81.5 cm³/mol. The van der Waals surface area contributed by atoms with Crippen molar-refractivity contribution in [1.29, 1.82) is 0 Å². The summed E-state index contributed by atoms with van der Waals surface area (Å²) in [5, 5.41) is 0. The maximum Gasteiger partial charge on any atom is 0.241 e. The number of aryl methyl sites for hydroxylation is 1. The first-order chi connectivity index (χ1) is 8.53. The van der Waals surface area contributed by atoms with Gasteiger partial charge >= 0.3 is 0 Å². The van der Waals surface area contributed by atoms with Gasteiger partial charge in [0.1, 0.15) is 9.84 Å². The van der Waals surface area contributed by atoms with E-state index < -0.39 is 19.9 Å². The second kappa shape index (κ2) is 6.21. The van der Waals surface area contributed by atoms with Crippen LogP contribution in [-0.4, -0.2) is 35.4 Å². The first kappa shape index (κ1) is 17.1. The summed E-state index contributed by atoms with van der Waals surface area (Å²) in [5.74, 6) is -0.239. The zero-order valence-electron chi connectivity index (χ0n) is 10.3. The molecule has 0 radical (unpaired) electrons. The summed E-state index contributed by atoms with van der Waals surface area (Å²) in [6.07, 6.45) is 1.06. The van der Waals surface area contributed by atoms with E-state index in [4.69, 9.17) is 0 Å². The van der Waals surface area contributed by atoms with E-state index >= 15 is 0 Å². The van der Waals surface area contributed by atoms with Crippen LogP contribution in [0.25, 0.3) is 0 Å². The Kier molecular flexibility index (Phi) is 5.59. The largest absolute Gasteiger partial charge is 0.241 e. The second-order valence-corrected chi connectivity index (χ2v) is 9.76. The molecule has 0 saturated heterocycles. The summed E-state index contributed by atoms with van der Waals surface area (Å²) in [4.78, 5) is 0.0680. The molecule has 0 heterocycles. The maximum atomic E-state index is 12.0. The van der Waals surface area contributed by atoms with Crippen LogP contribution in [0.5, 0.6) is 0 Å². The summed E-state index contributed by atoms with van der Waals surface area (Å²) in [6, 6.07) is 3.15. The normalized spacial score (nSPS) is 12.6. The molecule has 0 amide bonds. The van der Waals surface area contributed by atoms with Crippen molar-refractivity contribution in [1.82, 2.24) is 4.72 Å². The highest BCUT2D eigenvalue weighted by atomic mass is 79.9. The van der Waals surface area contributed by atoms with Gasteiger partial charge in [-0.2, -0.15) is 0 Å². The van der Waals surface area contributed by atoms with Crippen LogP contribution in [0.3, 0.4) is 0 Å². The van der Waals surface area contributed by atoms with Gasteiger partial charge in [-0.25, -0.2) is 21.6 Å². The lowest BCUT2D eigenvalue weighted by Gasteiger charge is -2.10. The Morgan fingerprint density at radius 3 is 2.21 bits per heavy atom. The third kappa shape index (κ3) is 5.14. The lowest BCUT2D eigenvalue weighted by atomic mass is 10.2. The lowest BCUT2D eigenvalue weighted by Crippen LogP contribution is -2.29. The monoisotopic (exact) mass is 433 g/mol. The van der Waals surface area contributed by atoms with Crippen molar-refractivity contribution in [2.24, 2.45) is 0 Å². The fraction of sp³-hybridized carbons (Fsp3) is 0.400. The summed E-state index contributed by atoms with van der Waals surface area (Å²) in [5.41, 5.74) is 0.891. The zero-order chi connectivity index (χ0) is 14.8. The smallest absolute Gasteiger partial charge is 0.229 e. The van der Waals surface area contributed by atoms with Crippen molar-refractivity contribution in [3.63, 3.8) is 0 Å². The molecule has 5 nitrogen and oxygen atoms in total. The Morgan fingerprint density at radius 1 is 1.11 bits per heavy atom. The minimum atomic E-state index is -3.74. The molecule has 0 spiro atoms. The number of hydrogen-bond donors (Lipinski definition) is 1. The Morgan fingerprint density at radius 2 is 1.68 bits per heavy atom. The van der Waals surface area contributed by atoms with Crippen LogP contribution < -0.4 is 4.72 Å². The second-order valence-electron chi connectivity index (χ2n) is 4.06. The number of halogens is 2. The molecular formula is C10H13Br2NO4S2. The van der Waals surface area contributed by atoms with E-state index in [1.165, 1.54) is 6.07 Å². The molecule has 1 N–H and O–H groups in total. The van der Waals surface area contributed by atoms with Crippen LogP contribution in [0.1, 0.15) is 5.56 Å². The van der Waals surface area contributed by atoms with Crippen LogP contribution in [0.2, 0.25) is 0 Å². The van der Waals surface area contributed by atoms with Crippen LogP contribution in [-0.2, 0) is 19.9 Å². The van der Waals surface area contributed by atoms with Crippen molar-refractivity contribution < 1.29 is 16.8 Å². The summed E-state index contributed by atoms with van der Waals surface area (Å²) in [7, 11) is -6.95. The Bertz CT molecular complexity index is 684. The van der Waals surface area contributed by atoms with Crippen LogP contribution in [0.4, 0.5) is 0 Å². The van der Waals surface area contributed by atoms with Crippen molar-refractivity contribution >= 4 is 51.7 Å². The van der Waals surface area contributed by atoms with Gasteiger partial charge in [-0.05, 0) is 40.5 Å². The van der Waals surface area contributed by atoms with E-state index in [1.807, 2.05) is 6.92 Å². The maximum absolute atomic E-state index is 12.0. The van der Waals surface area contributed by atoms with E-state index in [2.05, 4.69) is 36.6 Å². The van der Waals surface area contributed by atoms with Gasteiger partial charge < -0.3 is 0 Å². The third-order valence-corrected chi connectivity index (χ3v) is 6.49. The zero-order valence-corrected chi connectivity index (χ0v) is 15.1. The molecule has 0 fully saturated rings. The fourth-order valence-corrected chi connectivity index (χ4v) is 4.58. The number of sulfonamides is 1. The molecule has 0 unspecified atom stereocenters. The van der Waals surface area contributed by atoms with E-state index in [1.54, 1.807) is 6.07 Å². The number of nitrogens with one attached hydrogen (secondary N) is 1. The summed E-state index contributed by atoms with van der Waals surface area (Å²) >= 11 is 6.45. The molecule has 0 bridgehead atoms. The lowest BCUT2D eigenvalue weighted by molar-refractivity contribution is 0.581. The summed E-state index contributed by atoms with van der Waals surface area (Å²) < 4.78 is 49.4. The minimum Gasteiger partial charge on any atom is -0.229 e. The van der Waals surface area contributed by atoms with Crippen molar-refractivity contribution in [2.45, 2.75) is 11.8 Å². The molecule has 1 aromatic rings. The van der Waals surface area contributed by atoms with Crippen LogP contribution in [0, 0.1) is 6.92 Å². The van der Waals surface area contributed by atoms with Gasteiger partial charge in [0.15, 0.2) is 0 Å². The molecule has 1 rings (SSSR count). The van der Waals surface area contributed by atoms with Crippen molar-refractivity contribution in [3.05, 3.63) is 26.6 Å². The molecule has 9 heteroatoms. The molecule has 0 aromatic heterocycles. The third-order valence-electron chi connectivity index (χ3n) is 2.27. The van der Waals surface area contributed by atoms with Gasteiger partial charge in [0.2, 0.25) is 10.0 Å². The number of sulfone groups is 1. The van der Waals surface area contributed by atoms with Gasteiger partial charge in [0.05, 0.1) is 10.6 Å². The molecule has 19 heavy (non-hydrogen) atoms. The Labute approximate surface area is 130 Å². The van der Waals surface area contributed by atoms with E-state index in [-0.39, 0.29) is 17.2 Å². The number of rotatable bonds is 5. The van der Waals surface area contributed by atoms with E-state index in [0.29, 0.717) is 8.95 Å². The Balaban J connectivity index is 2.98. The van der Waals surface area contributed by atoms with E-state index in [0.717, 1.165) is 11.8 Å². The van der Waals surface area contributed by atoms with Gasteiger partial charge in [-0.1, -0.05) is 15.9 Å². The summed E-state index contributed by atoms with van der Waals surface area (Å²) in [6.45, 7) is 1.68. The number of hydrogen-bond acceptors (Lipinski definition) is 4. The fourth-order valence-electron chi connectivity index (χ4n) is 1.27. The van der Waals surface area contributed by atoms with Gasteiger partial charge in [0, 0.05) is 21.7 Å². The highest BCUT2D eigenvalue weighted by Crippen LogP contribution is 2.28. The topological polar surface area (TPSA) is 80.3 Å². The molecule has 1 aromatic carbocycles. The van der Waals surface area contributed by atoms with Crippen molar-refractivity contribution in [2.75, 3.05) is 18.6 Å². The molecular weight excluding hydrogens is 422 g/mol. The quantitative estimate of drug-likeness (QED) is 0.766. The highest BCUT2D eigenvalue weighted by Gasteiger charge is 2.19. The first-order valence-electron chi connectivity index (χ1n) is 5.16. The minimum absolute atomic E-state index is 0.0680. The average Bonchev–Trinajstić information content (AvgIpc) is 2.20. The first-order valence-corrected chi connectivity index (χ1v) is 10.3. The predicted octanol–water partition coefficient (Wildman–Crippen LogP) is 1.84. The molecule has 108 valence electrons. The Hall–Kier alpha value is 0.0400. The van der Waals surface area contributed by atoms with Crippen LogP contribution in [0.15, 0.2) is 26.0 Å². The number of benzene rings is 1. The average molecular weight is 435 g/mol. The molecule has 0 aliphatic rings. The highest BCUT2D eigenvalue weighted by molar-refractivity contribution is 9.11. The molecule has 0 atom stereocenters. The van der Waals surface area contributed by atoms with Gasteiger partial charge in [-0.15, -0.1) is 0 Å². The van der Waals surface area contributed by atoms with E-state index in [9.17, 15) is 16.8 Å². The SMILES string of the molecule is Cc1cc(Br)c(S(=O)(=O)NCCS(C)(=O)=O)cc1Br. The van der Waals surface area contributed by atoms with Gasteiger partial charge in [0.25, 0.3) is 0 Å². The molecule has 0 aliphatic carbocycles. The molecule has 0 aliphatic heterocycles. The molecule has 0 saturated carbocycles. The van der Waals surface area contributed by atoms with Crippen molar-refractivity contribution in [3.8, 4) is 0 Å². The standard InChI is InChI=1S/C10H13Br2NO4S2/c1-7-5-9(12)10(6-8(7)11)19(16,17)13-3-4-18(2,14)15/h5-6,13H,3-4H2,1-2H3. The van der Waals surface area contributed by atoms with Gasteiger partial charge in [-0.3, -0.25) is 0 Å². The van der Waals surface area contributed by atoms with Crippen LogP contribution >= 0.6 is 31.9 Å².